The van der Waals surface area contributed by atoms with Crippen molar-refractivity contribution in [2.45, 2.75) is 99.7 Å². The highest BCUT2D eigenvalue weighted by atomic mass is 32.2. The predicted octanol–water partition coefficient (Wildman–Crippen LogP) is 6.75. The van der Waals surface area contributed by atoms with Crippen LogP contribution in [0.2, 0.25) is 0 Å². The van der Waals surface area contributed by atoms with E-state index in [0.717, 1.165) is 46.7 Å². The Hall–Kier alpha value is -6.57. The number of hydrogen-bond acceptors (Lipinski definition) is 15. The molecule has 404 valence electrons. The average molecular weight is 1090 g/mol. The van der Waals surface area contributed by atoms with E-state index in [4.69, 9.17) is 39.9 Å². The number of halogens is 4. The van der Waals surface area contributed by atoms with Gasteiger partial charge in [-0.1, -0.05) is 48.5 Å². The third kappa shape index (κ3) is 14.8. The smallest absolute Gasteiger partial charge is 0.387 e. The number of pyridine rings is 1. The Morgan fingerprint density at radius 2 is 0.973 bits per heavy atom. The minimum Gasteiger partial charge on any atom is -0.619 e. The molecule has 1 heterocycles. The molecule has 2 fully saturated rings. The molecule has 2 aliphatic carbocycles. The van der Waals surface area contributed by atoms with Crippen LogP contribution >= 0.6 is 0 Å². The zero-order chi connectivity index (χ0) is 54.0. The topological polar surface area (TPSA) is 243 Å². The van der Waals surface area contributed by atoms with E-state index in [0.29, 0.717) is 4.73 Å². The Labute approximate surface area is 431 Å². The van der Waals surface area contributed by atoms with Crippen molar-refractivity contribution in [3.63, 3.8) is 0 Å². The van der Waals surface area contributed by atoms with Crippen LogP contribution in [0.5, 0.6) is 23.0 Å². The second-order valence-corrected chi connectivity index (χ2v) is 21.8. The van der Waals surface area contributed by atoms with Gasteiger partial charge in [0.1, 0.15) is 24.3 Å². The van der Waals surface area contributed by atoms with E-state index in [-0.39, 0.29) is 92.9 Å². The van der Waals surface area contributed by atoms with Gasteiger partial charge >= 0.3 is 25.2 Å². The second kappa shape index (κ2) is 24.8. The van der Waals surface area contributed by atoms with Gasteiger partial charge in [0.25, 0.3) is 0 Å². The van der Waals surface area contributed by atoms with Gasteiger partial charge in [-0.25, -0.2) is 16.8 Å². The first-order chi connectivity index (χ1) is 35.8. The number of aromatic nitrogens is 1. The van der Waals surface area contributed by atoms with E-state index in [1.807, 2.05) is 0 Å². The number of rotatable bonds is 28. The number of hydrogen-bond donors (Lipinski definition) is 2. The molecule has 18 nitrogen and oxygen atoms in total. The Bertz CT molecular complexity index is 2780. The van der Waals surface area contributed by atoms with Gasteiger partial charge in [-0.05, 0) is 117 Å². The van der Waals surface area contributed by atoms with Crippen molar-refractivity contribution in [1.29, 1.82) is 0 Å². The number of sulfonamides is 2. The molecule has 0 unspecified atom stereocenters. The maximum absolute atomic E-state index is 14.2. The summed E-state index contributed by atoms with van der Waals surface area (Å²) in [6, 6.07) is 20.7. The van der Waals surface area contributed by atoms with Crippen LogP contribution in [0.1, 0.15) is 74.0 Å². The van der Waals surface area contributed by atoms with Gasteiger partial charge in [-0.2, -0.15) is 30.9 Å². The van der Waals surface area contributed by atoms with Gasteiger partial charge in [0.2, 0.25) is 20.0 Å². The fourth-order valence-corrected chi connectivity index (χ4v) is 10.9. The molecule has 0 radical (unpaired) electrons. The Morgan fingerprint density at radius 1 is 0.600 bits per heavy atom. The minimum absolute atomic E-state index is 0.106. The van der Waals surface area contributed by atoms with Crippen molar-refractivity contribution in [1.82, 2.24) is 8.61 Å². The highest BCUT2D eigenvalue weighted by molar-refractivity contribution is 7.89. The molecule has 0 saturated heterocycles. The van der Waals surface area contributed by atoms with E-state index in [2.05, 4.69) is 0 Å². The van der Waals surface area contributed by atoms with E-state index < -0.39 is 82.8 Å². The summed E-state index contributed by atoms with van der Waals surface area (Å²) in [5.41, 5.74) is 12.6. The van der Waals surface area contributed by atoms with Crippen LogP contribution in [0.4, 0.5) is 17.6 Å². The lowest BCUT2D eigenvalue weighted by molar-refractivity contribution is -0.606. The van der Waals surface area contributed by atoms with Crippen LogP contribution in [0.3, 0.4) is 0 Å². The summed E-state index contributed by atoms with van der Waals surface area (Å²) in [6.07, 6.45) is 2.32. The molecule has 0 spiro atoms. The van der Waals surface area contributed by atoms with Crippen LogP contribution in [0.25, 0.3) is 0 Å². The van der Waals surface area contributed by atoms with Crippen molar-refractivity contribution in [2.24, 2.45) is 23.3 Å². The lowest BCUT2D eigenvalue weighted by atomic mass is 9.97. The van der Waals surface area contributed by atoms with Crippen molar-refractivity contribution in [3.8, 4) is 23.0 Å². The molecule has 24 heteroatoms. The van der Waals surface area contributed by atoms with E-state index >= 15 is 0 Å². The van der Waals surface area contributed by atoms with Crippen LogP contribution in [0, 0.1) is 17.0 Å². The normalized spacial score (nSPS) is 15.6. The monoisotopic (exact) mass is 1090 g/mol. The lowest BCUT2D eigenvalue weighted by Crippen LogP contribution is -2.47. The first-order valence-electron chi connectivity index (χ1n) is 23.9. The molecule has 2 saturated carbocycles. The summed E-state index contributed by atoms with van der Waals surface area (Å²) in [5.74, 6) is -2.65. The first-order valence-corrected chi connectivity index (χ1v) is 26.7. The number of alkyl halides is 4. The first kappa shape index (κ1) is 56.2. The zero-order valence-corrected chi connectivity index (χ0v) is 42.4. The summed E-state index contributed by atoms with van der Waals surface area (Å²) in [7, 11) is -8.71. The van der Waals surface area contributed by atoms with E-state index in [9.17, 15) is 49.2 Å². The molecule has 0 aliphatic heterocycles. The second-order valence-electron chi connectivity index (χ2n) is 18.0. The molecule has 4 atom stereocenters. The van der Waals surface area contributed by atoms with Gasteiger partial charge in [0.15, 0.2) is 35.4 Å². The van der Waals surface area contributed by atoms with Gasteiger partial charge in [-0.15, -0.1) is 0 Å². The summed E-state index contributed by atoms with van der Waals surface area (Å²) < 4.78 is 145. The number of carbonyl (C=O) groups excluding carboxylic acids is 2. The number of nitrogens with zero attached hydrogens (tertiary/aromatic N) is 3. The molecule has 4 aromatic carbocycles. The van der Waals surface area contributed by atoms with Crippen molar-refractivity contribution in [3.05, 3.63) is 143 Å². The van der Waals surface area contributed by atoms with Crippen molar-refractivity contribution < 1.29 is 77.1 Å². The SMILES string of the molecule is C[C@H](C(=O)O[C@@H](Cc1cc(C[C@H](OC(=O)[C@@H](C)N(CN)S(=O)(=O)c2ccccc2)c2ccc(OC(F)F)c(OCC3CC3)c2)c[n+]([O-])c1)c1ccc(OC(F)F)c(OCC2CC2)c1)N(CN)S(=O)(=O)c1ccccc1. The third-order valence-corrected chi connectivity index (χ3v) is 16.3. The standard InChI is InChI=1S/C51H57F4N5O13S2/c1-32(59(30-56)74(64,65)40-9-5-3-6-10-40)48(61)70-44(38-17-19-42(72-50(52)53)46(24-38)68-28-34-13-14-34)22-36-21-37(27-58(63)26-36)23-45(39-18-20-43(73-51(54)55)47(25-39)69-29-35-15-16-35)71-49(62)33(2)60(31-57)75(66,67)41-11-7-4-8-12-41/h3-12,17-21,24-27,32-35,44-45,50-51H,13-16,22-23,28-31,56-57H2,1-2H3/t32-,33-,44+,45+/m1/s1. The van der Waals surface area contributed by atoms with Crippen LogP contribution in [-0.2, 0) is 52.0 Å². The van der Waals surface area contributed by atoms with Gasteiger partial charge in [0, 0.05) is 24.0 Å². The number of ether oxygens (including phenoxy) is 6. The molecule has 4 N–H and O–H groups in total. The predicted molar refractivity (Wildman–Crippen MR) is 261 cm³/mol. The van der Waals surface area contributed by atoms with Gasteiger partial charge in [0.05, 0.1) is 36.3 Å². The molecule has 0 bridgehead atoms. The minimum atomic E-state index is -4.36. The van der Waals surface area contributed by atoms with Gasteiger partial charge < -0.3 is 45.1 Å². The molecular formula is C51H57F4N5O13S2. The summed E-state index contributed by atoms with van der Waals surface area (Å²) in [6.45, 7) is -4.86. The lowest BCUT2D eigenvalue weighted by Gasteiger charge is -2.28. The summed E-state index contributed by atoms with van der Waals surface area (Å²) in [4.78, 5) is 28.0. The van der Waals surface area contributed by atoms with Crippen molar-refractivity contribution in [2.75, 3.05) is 26.6 Å². The van der Waals surface area contributed by atoms with E-state index in [1.54, 1.807) is 12.1 Å². The molecule has 0 amide bonds. The quantitative estimate of drug-likeness (QED) is 0.0173. The molecule has 5 aromatic rings. The molecule has 2 aliphatic rings. The molecule has 75 heavy (non-hydrogen) atoms. The Balaban J connectivity index is 1.25. The highest BCUT2D eigenvalue weighted by Gasteiger charge is 2.37. The Morgan fingerprint density at radius 3 is 1.31 bits per heavy atom. The molecule has 1 aromatic heterocycles. The van der Waals surface area contributed by atoms with Crippen LogP contribution in [-0.4, -0.2) is 89.2 Å². The number of nitrogens with two attached hydrogens (primary N) is 2. The van der Waals surface area contributed by atoms with Crippen LogP contribution < -0.4 is 35.1 Å². The molecular weight excluding hydrogens is 1030 g/mol. The zero-order valence-electron chi connectivity index (χ0n) is 40.8. The summed E-state index contributed by atoms with van der Waals surface area (Å²) in [5, 5.41) is 13.6. The fraction of sp³-hybridized carbons (Fsp3) is 0.392. The van der Waals surface area contributed by atoms with E-state index in [1.165, 1.54) is 105 Å². The number of carbonyl (C=O) groups is 2. The molecule has 7 rings (SSSR count). The third-order valence-electron chi connectivity index (χ3n) is 12.4. The van der Waals surface area contributed by atoms with Crippen LogP contribution in [0.15, 0.2) is 125 Å². The Kier molecular flexibility index (Phi) is 18.6. The maximum Gasteiger partial charge on any atom is 0.387 e. The van der Waals surface area contributed by atoms with Crippen molar-refractivity contribution >= 4 is 32.0 Å². The fourth-order valence-electron chi connectivity index (χ4n) is 7.93. The maximum atomic E-state index is 14.2. The summed E-state index contributed by atoms with van der Waals surface area (Å²) >= 11 is 0. The number of esters is 2. The number of benzene rings is 4. The highest BCUT2D eigenvalue weighted by Crippen LogP contribution is 2.39. The van der Waals surface area contributed by atoms with Gasteiger partial charge in [-0.3, -0.25) is 9.59 Å². The average Bonchev–Trinajstić information content (AvgIpc) is 4.33. The largest absolute Gasteiger partial charge is 0.619 e.